The van der Waals surface area contributed by atoms with Crippen molar-refractivity contribution in [2.45, 2.75) is 55.9 Å². The highest BCUT2D eigenvalue weighted by atomic mass is 32.2. The van der Waals surface area contributed by atoms with Gasteiger partial charge in [-0.25, -0.2) is 21.6 Å². The van der Waals surface area contributed by atoms with E-state index in [-0.39, 0.29) is 17.4 Å². The molecule has 1 amide bonds. The van der Waals surface area contributed by atoms with Crippen LogP contribution in [0.15, 0.2) is 29.2 Å². The number of amides is 1. The Morgan fingerprint density at radius 2 is 1.75 bits per heavy atom. The number of carbonyl (C=O) groups is 1. The summed E-state index contributed by atoms with van der Waals surface area (Å²) < 4.78 is 52.1. The van der Waals surface area contributed by atoms with E-state index < -0.39 is 36.3 Å². The molecule has 9 heteroatoms. The third kappa shape index (κ3) is 5.33. The summed E-state index contributed by atoms with van der Waals surface area (Å²) in [5, 5.41) is -1.70. The molecule has 1 fully saturated rings. The molecule has 2 unspecified atom stereocenters. The van der Waals surface area contributed by atoms with Gasteiger partial charge in [0.25, 0.3) is 0 Å². The number of hydrogen-bond donors (Lipinski definition) is 1. The maximum absolute atomic E-state index is 12.7. The molecular formula is C19H30N2O5S2. The Labute approximate surface area is 168 Å². The standard InChI is InChI=1S/C19H30N2O5S2/c1-14(2)27(23,24)16(4)19(22)21-11-5-6-17(13-21)12-20-28(25,26)18-9-7-15(3)8-10-18/h7-10,14,16-17,20H,5-6,11-13H2,1-4H3. The second kappa shape index (κ2) is 8.92. The van der Waals surface area contributed by atoms with Crippen LogP contribution < -0.4 is 4.72 Å². The Morgan fingerprint density at radius 3 is 2.32 bits per heavy atom. The maximum Gasteiger partial charge on any atom is 0.240 e. The highest BCUT2D eigenvalue weighted by molar-refractivity contribution is 7.93. The molecule has 1 heterocycles. The average Bonchev–Trinajstić information content (AvgIpc) is 2.65. The smallest absolute Gasteiger partial charge is 0.240 e. The molecule has 1 N–H and O–H groups in total. The molecule has 1 aliphatic heterocycles. The fourth-order valence-electron chi connectivity index (χ4n) is 3.27. The zero-order valence-electron chi connectivity index (χ0n) is 16.9. The van der Waals surface area contributed by atoms with E-state index in [0.717, 1.165) is 18.4 Å². The van der Waals surface area contributed by atoms with E-state index in [9.17, 15) is 21.6 Å². The molecule has 2 rings (SSSR count). The molecule has 0 radical (unpaired) electrons. The molecule has 7 nitrogen and oxygen atoms in total. The third-order valence-corrected chi connectivity index (χ3v) is 9.16. The average molecular weight is 431 g/mol. The first-order chi connectivity index (χ1) is 12.9. The van der Waals surface area contributed by atoms with Crippen LogP contribution in [0.3, 0.4) is 0 Å². The molecule has 1 aromatic carbocycles. The molecule has 2 atom stereocenters. The SMILES string of the molecule is Cc1ccc(S(=O)(=O)NCC2CCCN(C(=O)C(C)S(=O)(=O)C(C)C)C2)cc1. The lowest BCUT2D eigenvalue weighted by Gasteiger charge is -2.34. The fourth-order valence-corrected chi connectivity index (χ4v) is 5.63. The number of nitrogens with one attached hydrogen (secondary N) is 1. The first-order valence-corrected chi connectivity index (χ1v) is 12.6. The van der Waals surface area contributed by atoms with E-state index in [1.54, 1.807) is 43.0 Å². The Kier molecular flexibility index (Phi) is 7.27. The summed E-state index contributed by atoms with van der Waals surface area (Å²) >= 11 is 0. The van der Waals surface area contributed by atoms with E-state index in [0.29, 0.717) is 13.1 Å². The van der Waals surface area contributed by atoms with Gasteiger partial charge in [-0.05, 0) is 58.6 Å². The first kappa shape index (κ1) is 22.8. The normalized spacial score (nSPS) is 19.6. The topological polar surface area (TPSA) is 101 Å². The monoisotopic (exact) mass is 430 g/mol. The highest BCUT2D eigenvalue weighted by Gasteiger charge is 2.35. The molecular weight excluding hydrogens is 400 g/mol. The number of carbonyl (C=O) groups excluding carboxylic acids is 1. The van der Waals surface area contributed by atoms with Gasteiger partial charge in [0.05, 0.1) is 10.1 Å². The largest absolute Gasteiger partial charge is 0.341 e. The van der Waals surface area contributed by atoms with Crippen molar-refractivity contribution < 1.29 is 21.6 Å². The predicted molar refractivity (Wildman–Crippen MR) is 109 cm³/mol. The van der Waals surface area contributed by atoms with Crippen molar-refractivity contribution in [1.29, 1.82) is 0 Å². The molecule has 0 spiro atoms. The minimum atomic E-state index is -3.61. The Bertz CT molecular complexity index is 893. The van der Waals surface area contributed by atoms with Crippen LogP contribution in [0.25, 0.3) is 0 Å². The number of nitrogens with zero attached hydrogens (tertiary/aromatic N) is 1. The van der Waals surface area contributed by atoms with Crippen molar-refractivity contribution in [3.63, 3.8) is 0 Å². The highest BCUT2D eigenvalue weighted by Crippen LogP contribution is 2.20. The summed E-state index contributed by atoms with van der Waals surface area (Å²) in [6, 6.07) is 6.61. The molecule has 1 saturated heterocycles. The molecule has 158 valence electrons. The number of benzene rings is 1. The number of sulfone groups is 1. The van der Waals surface area contributed by atoms with E-state index >= 15 is 0 Å². The van der Waals surface area contributed by atoms with Crippen molar-refractivity contribution in [3.05, 3.63) is 29.8 Å². The maximum atomic E-state index is 12.7. The first-order valence-electron chi connectivity index (χ1n) is 9.53. The minimum absolute atomic E-state index is 0.0492. The van der Waals surface area contributed by atoms with E-state index in [2.05, 4.69) is 4.72 Å². The van der Waals surface area contributed by atoms with Gasteiger partial charge in [-0.2, -0.15) is 0 Å². The number of aryl methyl sites for hydroxylation is 1. The zero-order chi connectivity index (χ0) is 21.1. The number of likely N-dealkylation sites (tertiary alicyclic amines) is 1. The second-order valence-corrected chi connectivity index (χ2v) is 12.3. The van der Waals surface area contributed by atoms with Crippen LogP contribution in [0.2, 0.25) is 0 Å². The van der Waals surface area contributed by atoms with Gasteiger partial charge >= 0.3 is 0 Å². The van der Waals surface area contributed by atoms with Crippen LogP contribution in [0.1, 0.15) is 39.2 Å². The van der Waals surface area contributed by atoms with Crippen molar-refractivity contribution in [2.75, 3.05) is 19.6 Å². The summed E-state index contributed by atoms with van der Waals surface area (Å²) in [4.78, 5) is 14.4. The van der Waals surface area contributed by atoms with E-state index in [1.165, 1.54) is 6.92 Å². The predicted octanol–water partition coefficient (Wildman–Crippen LogP) is 1.72. The van der Waals surface area contributed by atoms with Crippen LogP contribution >= 0.6 is 0 Å². The van der Waals surface area contributed by atoms with E-state index in [1.807, 2.05) is 6.92 Å². The summed E-state index contributed by atoms with van der Waals surface area (Å²) in [5.74, 6) is -0.452. The minimum Gasteiger partial charge on any atom is -0.341 e. The number of rotatable bonds is 7. The molecule has 0 bridgehead atoms. The zero-order valence-corrected chi connectivity index (χ0v) is 18.5. The van der Waals surface area contributed by atoms with Crippen molar-refractivity contribution >= 4 is 25.8 Å². The van der Waals surface area contributed by atoms with Gasteiger partial charge in [-0.15, -0.1) is 0 Å². The molecule has 28 heavy (non-hydrogen) atoms. The van der Waals surface area contributed by atoms with Crippen molar-refractivity contribution in [2.24, 2.45) is 5.92 Å². The number of hydrogen-bond acceptors (Lipinski definition) is 5. The van der Waals surface area contributed by atoms with Crippen LogP contribution in [0.4, 0.5) is 0 Å². The quantitative estimate of drug-likeness (QED) is 0.710. The van der Waals surface area contributed by atoms with Gasteiger partial charge in [-0.3, -0.25) is 4.79 Å². The number of sulfonamides is 1. The van der Waals surface area contributed by atoms with Crippen molar-refractivity contribution in [3.8, 4) is 0 Å². The van der Waals surface area contributed by atoms with Crippen LogP contribution in [0, 0.1) is 12.8 Å². The third-order valence-electron chi connectivity index (χ3n) is 5.22. The fraction of sp³-hybridized carbons (Fsp3) is 0.632. The molecule has 0 aliphatic carbocycles. The van der Waals surface area contributed by atoms with Gasteiger partial charge < -0.3 is 4.90 Å². The summed E-state index contributed by atoms with van der Waals surface area (Å²) in [5.41, 5.74) is 0.978. The molecule has 1 aliphatic rings. The Morgan fingerprint density at radius 1 is 1.14 bits per heavy atom. The van der Waals surface area contributed by atoms with Crippen LogP contribution in [-0.4, -0.2) is 57.8 Å². The second-order valence-electron chi connectivity index (χ2n) is 7.74. The Hall–Kier alpha value is -1.45. The lowest BCUT2D eigenvalue weighted by molar-refractivity contribution is -0.132. The summed E-state index contributed by atoms with van der Waals surface area (Å²) in [6.45, 7) is 7.52. The lowest BCUT2D eigenvalue weighted by atomic mass is 9.98. The molecule has 1 aromatic rings. The van der Waals surface area contributed by atoms with Gasteiger partial charge in [0, 0.05) is 19.6 Å². The molecule has 0 aromatic heterocycles. The van der Waals surface area contributed by atoms with Crippen molar-refractivity contribution in [1.82, 2.24) is 9.62 Å². The van der Waals surface area contributed by atoms with E-state index in [4.69, 9.17) is 0 Å². The Balaban J connectivity index is 2.00. The summed E-state index contributed by atoms with van der Waals surface area (Å²) in [6.07, 6.45) is 1.50. The van der Waals surface area contributed by atoms with Crippen LogP contribution in [0.5, 0.6) is 0 Å². The van der Waals surface area contributed by atoms with Crippen LogP contribution in [-0.2, 0) is 24.7 Å². The summed E-state index contributed by atoms with van der Waals surface area (Å²) in [7, 11) is -7.14. The van der Waals surface area contributed by atoms with Gasteiger partial charge in [0.2, 0.25) is 15.9 Å². The van der Waals surface area contributed by atoms with Gasteiger partial charge in [0.1, 0.15) is 5.25 Å². The molecule has 0 saturated carbocycles. The number of piperidine rings is 1. The van der Waals surface area contributed by atoms with Gasteiger partial charge in [-0.1, -0.05) is 17.7 Å². The van der Waals surface area contributed by atoms with Gasteiger partial charge in [0.15, 0.2) is 9.84 Å². The lowest BCUT2D eigenvalue weighted by Crippen LogP contribution is -2.49.